The number of rotatable bonds is 5. The lowest BCUT2D eigenvalue weighted by Crippen LogP contribution is -2.29. The van der Waals surface area contributed by atoms with Gasteiger partial charge >= 0.3 is 0 Å². The Balaban J connectivity index is 1.75. The van der Waals surface area contributed by atoms with Crippen LogP contribution in [-0.2, 0) is 0 Å². The van der Waals surface area contributed by atoms with E-state index < -0.39 is 0 Å². The van der Waals surface area contributed by atoms with Gasteiger partial charge in [0, 0.05) is 12.6 Å². The van der Waals surface area contributed by atoms with E-state index in [0.717, 1.165) is 17.9 Å². The maximum Gasteiger partial charge on any atom is 0.00684 e. The largest absolute Gasteiger partial charge is 0.313 e. The average molecular weight is 257 g/mol. The predicted molar refractivity (Wildman–Crippen MR) is 81.5 cm³/mol. The van der Waals surface area contributed by atoms with E-state index >= 15 is 0 Å². The number of hydrogen-bond acceptors (Lipinski definition) is 1. The molecule has 2 fully saturated rings. The van der Waals surface area contributed by atoms with Crippen molar-refractivity contribution in [1.29, 1.82) is 0 Å². The quantitative estimate of drug-likeness (QED) is 0.824. The van der Waals surface area contributed by atoms with Gasteiger partial charge in [-0.2, -0.15) is 0 Å². The lowest BCUT2D eigenvalue weighted by atomic mass is 9.75. The first-order valence-corrected chi connectivity index (χ1v) is 8.13. The second-order valence-electron chi connectivity index (χ2n) is 6.54. The molecule has 0 saturated heterocycles. The zero-order valence-corrected chi connectivity index (χ0v) is 12.2. The Hall–Kier alpha value is -0.820. The minimum absolute atomic E-state index is 0.738. The van der Waals surface area contributed by atoms with E-state index in [1.165, 1.54) is 57.1 Å². The van der Waals surface area contributed by atoms with Crippen LogP contribution in [0.5, 0.6) is 0 Å². The summed E-state index contributed by atoms with van der Waals surface area (Å²) in [4.78, 5) is 0. The van der Waals surface area contributed by atoms with Gasteiger partial charge in [0.2, 0.25) is 0 Å². The molecule has 0 aromatic heterocycles. The second-order valence-corrected chi connectivity index (χ2v) is 6.54. The van der Waals surface area contributed by atoms with Crippen LogP contribution in [0.2, 0.25) is 0 Å². The van der Waals surface area contributed by atoms with Gasteiger partial charge in [-0.3, -0.25) is 0 Å². The van der Waals surface area contributed by atoms with Gasteiger partial charge in [-0.25, -0.2) is 0 Å². The molecule has 0 heterocycles. The molecule has 2 aliphatic rings. The molecule has 3 rings (SSSR count). The van der Waals surface area contributed by atoms with Crippen LogP contribution in [0.1, 0.15) is 62.0 Å². The van der Waals surface area contributed by atoms with E-state index in [1.807, 2.05) is 0 Å². The summed E-state index contributed by atoms with van der Waals surface area (Å²) >= 11 is 0. The molecule has 104 valence electrons. The van der Waals surface area contributed by atoms with Crippen LogP contribution in [0.3, 0.4) is 0 Å². The van der Waals surface area contributed by atoms with Crippen LogP contribution >= 0.6 is 0 Å². The summed E-state index contributed by atoms with van der Waals surface area (Å²) in [6.07, 6.45) is 9.99. The summed E-state index contributed by atoms with van der Waals surface area (Å²) in [5.41, 5.74) is 3.08. The second kappa shape index (κ2) is 6.09. The van der Waals surface area contributed by atoms with Crippen LogP contribution in [0, 0.1) is 12.8 Å². The van der Waals surface area contributed by atoms with Crippen molar-refractivity contribution >= 4 is 0 Å². The average Bonchev–Trinajstić information content (AvgIpc) is 3.26. The Morgan fingerprint density at radius 2 is 1.79 bits per heavy atom. The highest BCUT2D eigenvalue weighted by molar-refractivity contribution is 5.30. The molecule has 2 aliphatic carbocycles. The molecule has 1 N–H and O–H groups in total. The molecule has 0 radical (unpaired) electrons. The van der Waals surface area contributed by atoms with Crippen molar-refractivity contribution in [2.75, 3.05) is 6.54 Å². The first-order valence-electron chi connectivity index (χ1n) is 8.13. The molecular weight excluding hydrogens is 230 g/mol. The lowest BCUT2D eigenvalue weighted by Gasteiger charge is -2.32. The standard InChI is InChI=1S/C18H27N/c1-14-7-5-6-10-17(14)18(13-19-16-11-12-16)15-8-3-2-4-9-15/h5-7,10,15-16,18-19H,2-4,8-9,11-13H2,1H3. The van der Waals surface area contributed by atoms with Crippen molar-refractivity contribution in [2.45, 2.75) is 63.8 Å². The zero-order chi connectivity index (χ0) is 13.1. The van der Waals surface area contributed by atoms with E-state index in [-0.39, 0.29) is 0 Å². The summed E-state index contributed by atoms with van der Waals surface area (Å²) in [5, 5.41) is 3.78. The number of aryl methyl sites for hydroxylation is 1. The number of benzene rings is 1. The van der Waals surface area contributed by atoms with E-state index in [1.54, 1.807) is 5.56 Å². The molecule has 1 aromatic carbocycles. The molecule has 0 bridgehead atoms. The molecule has 0 amide bonds. The topological polar surface area (TPSA) is 12.0 Å². The first-order chi connectivity index (χ1) is 9.34. The van der Waals surface area contributed by atoms with Crippen LogP contribution in [0.15, 0.2) is 24.3 Å². The highest BCUT2D eigenvalue weighted by atomic mass is 14.9. The summed E-state index contributed by atoms with van der Waals surface area (Å²) in [7, 11) is 0. The Labute approximate surface area is 117 Å². The van der Waals surface area contributed by atoms with E-state index in [9.17, 15) is 0 Å². The van der Waals surface area contributed by atoms with Crippen molar-refractivity contribution in [2.24, 2.45) is 5.92 Å². The number of nitrogens with one attached hydrogen (secondary N) is 1. The smallest absolute Gasteiger partial charge is 0.00684 e. The van der Waals surface area contributed by atoms with Crippen LogP contribution < -0.4 is 5.32 Å². The highest BCUT2D eigenvalue weighted by Crippen LogP contribution is 2.37. The molecule has 2 saturated carbocycles. The minimum atomic E-state index is 0.738. The van der Waals surface area contributed by atoms with Gasteiger partial charge in [0.1, 0.15) is 0 Å². The molecule has 1 aromatic rings. The molecule has 1 atom stereocenters. The molecule has 1 unspecified atom stereocenters. The molecular formula is C18H27N. The zero-order valence-electron chi connectivity index (χ0n) is 12.2. The minimum Gasteiger partial charge on any atom is -0.313 e. The van der Waals surface area contributed by atoms with Gasteiger partial charge in [-0.15, -0.1) is 0 Å². The Morgan fingerprint density at radius 3 is 2.47 bits per heavy atom. The third-order valence-corrected chi connectivity index (χ3v) is 5.01. The maximum absolute atomic E-state index is 3.78. The Kier molecular flexibility index (Phi) is 4.22. The van der Waals surface area contributed by atoms with Crippen molar-refractivity contribution in [3.05, 3.63) is 35.4 Å². The SMILES string of the molecule is Cc1ccccc1C(CNC1CC1)C1CCCCC1. The Bertz CT molecular complexity index is 402. The predicted octanol–water partition coefficient (Wildman–Crippen LogP) is 4.41. The fraction of sp³-hybridized carbons (Fsp3) is 0.667. The lowest BCUT2D eigenvalue weighted by molar-refractivity contribution is 0.296. The molecule has 19 heavy (non-hydrogen) atoms. The van der Waals surface area contributed by atoms with Gasteiger partial charge in [0.15, 0.2) is 0 Å². The van der Waals surface area contributed by atoms with E-state index in [2.05, 4.69) is 36.5 Å². The van der Waals surface area contributed by atoms with Crippen molar-refractivity contribution < 1.29 is 0 Å². The molecule has 1 heteroatoms. The van der Waals surface area contributed by atoms with Crippen molar-refractivity contribution in [1.82, 2.24) is 5.32 Å². The molecule has 0 spiro atoms. The Morgan fingerprint density at radius 1 is 1.05 bits per heavy atom. The van der Waals surface area contributed by atoms with Gasteiger partial charge in [-0.05, 0) is 55.6 Å². The third kappa shape index (κ3) is 3.39. The van der Waals surface area contributed by atoms with Gasteiger partial charge < -0.3 is 5.32 Å². The highest BCUT2D eigenvalue weighted by Gasteiger charge is 2.28. The maximum atomic E-state index is 3.78. The summed E-state index contributed by atoms with van der Waals surface area (Å²) in [5.74, 6) is 1.64. The van der Waals surface area contributed by atoms with Crippen LogP contribution in [-0.4, -0.2) is 12.6 Å². The van der Waals surface area contributed by atoms with Gasteiger partial charge in [0.05, 0.1) is 0 Å². The van der Waals surface area contributed by atoms with Crippen molar-refractivity contribution in [3.63, 3.8) is 0 Å². The normalized spacial score (nSPS) is 22.4. The fourth-order valence-electron chi connectivity index (χ4n) is 3.65. The van der Waals surface area contributed by atoms with Gasteiger partial charge in [-0.1, -0.05) is 43.5 Å². The van der Waals surface area contributed by atoms with Gasteiger partial charge in [0.25, 0.3) is 0 Å². The summed E-state index contributed by atoms with van der Waals surface area (Å²) in [6.45, 7) is 3.47. The monoisotopic (exact) mass is 257 g/mol. The first kappa shape index (κ1) is 13.2. The summed E-state index contributed by atoms with van der Waals surface area (Å²) in [6, 6.07) is 9.86. The molecule has 1 nitrogen and oxygen atoms in total. The summed E-state index contributed by atoms with van der Waals surface area (Å²) < 4.78 is 0. The molecule has 0 aliphatic heterocycles. The number of hydrogen-bond donors (Lipinski definition) is 1. The van der Waals surface area contributed by atoms with Crippen LogP contribution in [0.4, 0.5) is 0 Å². The third-order valence-electron chi connectivity index (χ3n) is 5.01. The fourth-order valence-corrected chi connectivity index (χ4v) is 3.65. The van der Waals surface area contributed by atoms with Crippen LogP contribution in [0.25, 0.3) is 0 Å². The van der Waals surface area contributed by atoms with E-state index in [0.29, 0.717) is 0 Å². The van der Waals surface area contributed by atoms with Crippen molar-refractivity contribution in [3.8, 4) is 0 Å². The van der Waals surface area contributed by atoms with E-state index in [4.69, 9.17) is 0 Å².